The van der Waals surface area contributed by atoms with Gasteiger partial charge in [-0.2, -0.15) is 0 Å². The van der Waals surface area contributed by atoms with Gasteiger partial charge in [0, 0.05) is 25.2 Å². The van der Waals surface area contributed by atoms with Crippen molar-refractivity contribution in [3.63, 3.8) is 0 Å². The molecule has 2 amide bonds. The predicted octanol–water partition coefficient (Wildman–Crippen LogP) is 1.81. The summed E-state index contributed by atoms with van der Waals surface area (Å²) in [5, 5.41) is 2.90. The second kappa shape index (κ2) is 5.87. The molecule has 0 aliphatic carbocycles. The van der Waals surface area contributed by atoms with Gasteiger partial charge in [0.25, 0.3) is 0 Å². The van der Waals surface area contributed by atoms with E-state index in [0.29, 0.717) is 25.4 Å². The Hall–Kier alpha value is -1.84. The maximum absolute atomic E-state index is 12.0. The van der Waals surface area contributed by atoms with Gasteiger partial charge in [-0.15, -0.1) is 0 Å². The highest BCUT2D eigenvalue weighted by atomic mass is 16.2. The molecule has 1 aromatic carbocycles. The Morgan fingerprint density at radius 1 is 1.37 bits per heavy atom. The van der Waals surface area contributed by atoms with E-state index in [4.69, 9.17) is 0 Å². The first-order chi connectivity index (χ1) is 9.08. The summed E-state index contributed by atoms with van der Waals surface area (Å²) in [6.45, 7) is 5.24. The van der Waals surface area contributed by atoms with E-state index in [0.717, 1.165) is 5.69 Å². The van der Waals surface area contributed by atoms with Gasteiger partial charge in [0.2, 0.25) is 11.8 Å². The fourth-order valence-electron chi connectivity index (χ4n) is 2.19. The number of hydrogen-bond donors (Lipinski definition) is 1. The minimum Gasteiger partial charge on any atom is -0.356 e. The third-order valence-corrected chi connectivity index (χ3v) is 3.25. The van der Waals surface area contributed by atoms with E-state index in [1.54, 1.807) is 4.90 Å². The van der Waals surface area contributed by atoms with E-state index >= 15 is 0 Å². The number of benzene rings is 1. The Balaban J connectivity index is 1.98. The van der Waals surface area contributed by atoms with E-state index in [1.165, 1.54) is 0 Å². The molecule has 0 unspecified atom stereocenters. The van der Waals surface area contributed by atoms with Crippen LogP contribution in [0.2, 0.25) is 0 Å². The second-order valence-electron chi connectivity index (χ2n) is 5.38. The molecule has 19 heavy (non-hydrogen) atoms. The molecule has 2 rings (SSSR count). The van der Waals surface area contributed by atoms with Gasteiger partial charge in [0.1, 0.15) is 0 Å². The van der Waals surface area contributed by atoms with Crippen LogP contribution in [0.25, 0.3) is 0 Å². The van der Waals surface area contributed by atoms with E-state index < -0.39 is 0 Å². The van der Waals surface area contributed by atoms with Crippen molar-refractivity contribution < 1.29 is 9.59 Å². The van der Waals surface area contributed by atoms with Crippen molar-refractivity contribution in [2.45, 2.75) is 20.3 Å². The molecule has 1 aliphatic rings. The maximum atomic E-state index is 12.0. The van der Waals surface area contributed by atoms with Crippen LogP contribution in [0.3, 0.4) is 0 Å². The van der Waals surface area contributed by atoms with Crippen molar-refractivity contribution in [1.29, 1.82) is 0 Å². The lowest BCUT2D eigenvalue weighted by Crippen LogP contribution is -2.34. The molecule has 4 heteroatoms. The first-order valence-electron chi connectivity index (χ1n) is 6.71. The molecule has 1 aromatic rings. The number of para-hydroxylation sites is 1. The highest BCUT2D eigenvalue weighted by Gasteiger charge is 2.34. The normalized spacial score (nSPS) is 19.0. The quantitative estimate of drug-likeness (QED) is 0.897. The first kappa shape index (κ1) is 13.6. The average Bonchev–Trinajstić information content (AvgIpc) is 2.79. The van der Waals surface area contributed by atoms with Gasteiger partial charge in [-0.25, -0.2) is 0 Å². The number of rotatable bonds is 4. The topological polar surface area (TPSA) is 49.4 Å². The lowest BCUT2D eigenvalue weighted by atomic mass is 10.1. The molecule has 0 saturated carbocycles. The molecule has 1 heterocycles. The summed E-state index contributed by atoms with van der Waals surface area (Å²) in [5.41, 5.74) is 0.867. The monoisotopic (exact) mass is 260 g/mol. The molecule has 1 aliphatic heterocycles. The molecule has 1 N–H and O–H groups in total. The third-order valence-electron chi connectivity index (χ3n) is 3.25. The summed E-state index contributed by atoms with van der Waals surface area (Å²) in [4.78, 5) is 25.6. The van der Waals surface area contributed by atoms with Crippen LogP contribution >= 0.6 is 0 Å². The molecule has 1 atom stereocenters. The number of hydrogen-bond acceptors (Lipinski definition) is 2. The lowest BCUT2D eigenvalue weighted by Gasteiger charge is -2.16. The van der Waals surface area contributed by atoms with Gasteiger partial charge in [-0.05, 0) is 18.1 Å². The number of carbonyl (C=O) groups excluding carboxylic acids is 2. The summed E-state index contributed by atoms with van der Waals surface area (Å²) in [6.07, 6.45) is 0.304. The van der Waals surface area contributed by atoms with E-state index in [9.17, 15) is 9.59 Å². The van der Waals surface area contributed by atoms with Crippen LogP contribution in [0.4, 0.5) is 5.69 Å². The molecule has 102 valence electrons. The van der Waals surface area contributed by atoms with Crippen LogP contribution in [-0.2, 0) is 9.59 Å². The van der Waals surface area contributed by atoms with E-state index in [-0.39, 0.29) is 17.7 Å². The van der Waals surface area contributed by atoms with Gasteiger partial charge in [0.05, 0.1) is 5.92 Å². The van der Waals surface area contributed by atoms with Crippen LogP contribution in [0.15, 0.2) is 30.3 Å². The molecule has 1 fully saturated rings. The SMILES string of the molecule is CC(C)CNC(=O)[C@@H]1CC(=O)N(c2ccccc2)C1. The zero-order chi connectivity index (χ0) is 13.8. The molecule has 4 nitrogen and oxygen atoms in total. The predicted molar refractivity (Wildman–Crippen MR) is 74.7 cm³/mol. The number of amides is 2. The van der Waals surface area contributed by atoms with Crippen LogP contribution in [0.1, 0.15) is 20.3 Å². The molecule has 0 radical (unpaired) electrons. The van der Waals surface area contributed by atoms with E-state index in [1.807, 2.05) is 30.3 Å². The van der Waals surface area contributed by atoms with Crippen molar-refractivity contribution >= 4 is 17.5 Å². The molecule has 0 aromatic heterocycles. The fraction of sp³-hybridized carbons (Fsp3) is 0.467. The Morgan fingerprint density at radius 2 is 2.05 bits per heavy atom. The van der Waals surface area contributed by atoms with Gasteiger partial charge in [0.15, 0.2) is 0 Å². The van der Waals surface area contributed by atoms with Crippen molar-refractivity contribution in [3.05, 3.63) is 30.3 Å². The molecule has 0 spiro atoms. The number of nitrogens with one attached hydrogen (secondary N) is 1. The largest absolute Gasteiger partial charge is 0.356 e. The van der Waals surface area contributed by atoms with Crippen molar-refractivity contribution in [2.75, 3.05) is 18.0 Å². The number of anilines is 1. The van der Waals surface area contributed by atoms with Crippen molar-refractivity contribution in [1.82, 2.24) is 5.32 Å². The summed E-state index contributed by atoms with van der Waals surface area (Å²) in [5.74, 6) is 0.203. The van der Waals surface area contributed by atoms with Crippen LogP contribution < -0.4 is 10.2 Å². The number of nitrogens with zero attached hydrogens (tertiary/aromatic N) is 1. The zero-order valence-electron chi connectivity index (χ0n) is 11.4. The summed E-state index contributed by atoms with van der Waals surface area (Å²) in [7, 11) is 0. The third kappa shape index (κ3) is 3.34. The van der Waals surface area contributed by atoms with Gasteiger partial charge in [-0.3, -0.25) is 9.59 Å². The van der Waals surface area contributed by atoms with Gasteiger partial charge >= 0.3 is 0 Å². The van der Waals surface area contributed by atoms with Crippen LogP contribution in [0, 0.1) is 11.8 Å². The smallest absolute Gasteiger partial charge is 0.227 e. The Morgan fingerprint density at radius 3 is 2.68 bits per heavy atom. The molecular formula is C15H20N2O2. The lowest BCUT2D eigenvalue weighted by molar-refractivity contribution is -0.126. The Labute approximate surface area is 113 Å². The van der Waals surface area contributed by atoms with Crippen molar-refractivity contribution in [2.24, 2.45) is 11.8 Å². The van der Waals surface area contributed by atoms with E-state index in [2.05, 4.69) is 19.2 Å². The van der Waals surface area contributed by atoms with Crippen LogP contribution in [0.5, 0.6) is 0 Å². The highest BCUT2D eigenvalue weighted by Crippen LogP contribution is 2.24. The first-order valence-corrected chi connectivity index (χ1v) is 6.71. The standard InChI is InChI=1S/C15H20N2O2/c1-11(2)9-16-15(19)12-8-14(18)17(10-12)13-6-4-3-5-7-13/h3-7,11-12H,8-10H2,1-2H3,(H,16,19)/t12-/m1/s1. The van der Waals surface area contributed by atoms with Crippen LogP contribution in [-0.4, -0.2) is 24.9 Å². The molecule has 1 saturated heterocycles. The fourth-order valence-corrected chi connectivity index (χ4v) is 2.19. The minimum absolute atomic E-state index is 0.0134. The zero-order valence-corrected chi connectivity index (χ0v) is 11.4. The maximum Gasteiger partial charge on any atom is 0.227 e. The summed E-state index contributed by atoms with van der Waals surface area (Å²) in [6, 6.07) is 9.50. The summed E-state index contributed by atoms with van der Waals surface area (Å²) < 4.78 is 0. The average molecular weight is 260 g/mol. The second-order valence-corrected chi connectivity index (χ2v) is 5.38. The Bertz CT molecular complexity index is 456. The minimum atomic E-state index is -0.230. The molecule has 0 bridgehead atoms. The van der Waals surface area contributed by atoms with Gasteiger partial charge in [-0.1, -0.05) is 32.0 Å². The Kier molecular flexibility index (Phi) is 4.20. The highest BCUT2D eigenvalue weighted by molar-refractivity contribution is 6.00. The number of carbonyl (C=O) groups is 2. The summed E-state index contributed by atoms with van der Waals surface area (Å²) >= 11 is 0. The molecular weight excluding hydrogens is 240 g/mol. The van der Waals surface area contributed by atoms with Crippen molar-refractivity contribution in [3.8, 4) is 0 Å². The van der Waals surface area contributed by atoms with Gasteiger partial charge < -0.3 is 10.2 Å².